The molecule has 0 fully saturated rings. The van der Waals surface area contributed by atoms with Gasteiger partial charge in [-0.1, -0.05) is 28.1 Å². The lowest BCUT2D eigenvalue weighted by Gasteiger charge is -2.00. The van der Waals surface area contributed by atoms with Gasteiger partial charge >= 0.3 is 11.9 Å². The fraction of sp³-hybridized carbons (Fsp3) is 0.300. The van der Waals surface area contributed by atoms with Gasteiger partial charge in [-0.2, -0.15) is 0 Å². The van der Waals surface area contributed by atoms with E-state index < -0.39 is 0 Å². The quantitative estimate of drug-likeness (QED) is 0.291. The fourth-order valence-electron chi connectivity index (χ4n) is 1.90. The normalized spacial score (nSPS) is 11.4. The standard InChI is InChI=1S/C10H11BrO2S.C10H12O2S/c1-2-13-10(12)6-8(7-11)9-4-3-5-14-9;1-3-12-10(11)7-8(2)9-5-4-6-13-9/h3-6H,2,7H2,1H3;4-7H,3H2,1-2H3/b8-6+;8-7+. The number of ether oxygens (including phenoxy) is 2. The van der Waals surface area contributed by atoms with Crippen LogP contribution in [-0.2, 0) is 19.1 Å². The predicted octanol–water partition coefficient (Wildman–Crippen LogP) is 5.80. The van der Waals surface area contributed by atoms with E-state index in [9.17, 15) is 9.59 Å². The van der Waals surface area contributed by atoms with E-state index in [4.69, 9.17) is 9.47 Å². The highest BCUT2D eigenvalue weighted by Gasteiger charge is 2.04. The van der Waals surface area contributed by atoms with Crippen LogP contribution in [0.25, 0.3) is 11.1 Å². The van der Waals surface area contributed by atoms with Gasteiger partial charge in [0.25, 0.3) is 0 Å². The molecule has 0 aromatic carbocycles. The van der Waals surface area contributed by atoms with Crippen LogP contribution in [0, 0.1) is 0 Å². The number of hydrogen-bond acceptors (Lipinski definition) is 6. The van der Waals surface area contributed by atoms with E-state index in [0.29, 0.717) is 18.5 Å². The Bertz CT molecular complexity index is 747. The maximum atomic E-state index is 11.2. The molecule has 0 radical (unpaired) electrons. The summed E-state index contributed by atoms with van der Waals surface area (Å²) in [5.41, 5.74) is 1.91. The second-order valence-electron chi connectivity index (χ2n) is 5.09. The molecule has 7 heteroatoms. The Hall–Kier alpha value is -1.70. The molecule has 2 aromatic heterocycles. The van der Waals surface area contributed by atoms with Gasteiger partial charge in [0.15, 0.2) is 0 Å². The molecule has 2 rings (SSSR count). The molecular formula is C20H23BrO4S2. The van der Waals surface area contributed by atoms with E-state index in [-0.39, 0.29) is 11.9 Å². The van der Waals surface area contributed by atoms with Crippen LogP contribution in [0.15, 0.2) is 47.2 Å². The Balaban J connectivity index is 0.000000271. The molecule has 2 aromatic rings. The average Bonchev–Trinajstić information content (AvgIpc) is 3.34. The van der Waals surface area contributed by atoms with E-state index in [1.165, 1.54) is 12.2 Å². The van der Waals surface area contributed by atoms with Crippen LogP contribution in [0.2, 0.25) is 0 Å². The van der Waals surface area contributed by atoms with Crippen molar-refractivity contribution in [3.63, 3.8) is 0 Å². The maximum absolute atomic E-state index is 11.2. The summed E-state index contributed by atoms with van der Waals surface area (Å²) < 4.78 is 9.64. The molecule has 0 N–H and O–H groups in total. The third kappa shape index (κ3) is 9.17. The van der Waals surface area contributed by atoms with Crippen LogP contribution >= 0.6 is 38.6 Å². The summed E-state index contributed by atoms with van der Waals surface area (Å²) in [6.07, 6.45) is 3.05. The summed E-state index contributed by atoms with van der Waals surface area (Å²) >= 11 is 6.57. The van der Waals surface area contributed by atoms with E-state index >= 15 is 0 Å². The molecule has 0 unspecified atom stereocenters. The summed E-state index contributed by atoms with van der Waals surface area (Å²) in [5, 5.41) is 4.63. The molecule has 0 spiro atoms. The summed E-state index contributed by atoms with van der Waals surface area (Å²) in [5.74, 6) is -0.552. The molecule has 0 bridgehead atoms. The lowest BCUT2D eigenvalue weighted by molar-refractivity contribution is -0.138. The van der Waals surface area contributed by atoms with Crippen molar-refractivity contribution in [2.24, 2.45) is 0 Å². The molecule has 0 aliphatic heterocycles. The molecule has 27 heavy (non-hydrogen) atoms. The van der Waals surface area contributed by atoms with Gasteiger partial charge in [-0.25, -0.2) is 9.59 Å². The van der Waals surface area contributed by atoms with Crippen molar-refractivity contribution in [1.29, 1.82) is 0 Å². The van der Waals surface area contributed by atoms with Crippen molar-refractivity contribution >= 4 is 61.7 Å². The number of hydrogen-bond donors (Lipinski definition) is 0. The summed E-state index contributed by atoms with van der Waals surface area (Å²) in [4.78, 5) is 24.4. The Morgan fingerprint density at radius 2 is 1.48 bits per heavy atom. The highest BCUT2D eigenvalue weighted by molar-refractivity contribution is 9.09. The molecule has 2 heterocycles. The summed E-state index contributed by atoms with van der Waals surface area (Å²) in [6, 6.07) is 7.89. The van der Waals surface area contributed by atoms with Gasteiger partial charge in [0.1, 0.15) is 0 Å². The zero-order valence-corrected chi connectivity index (χ0v) is 18.8. The maximum Gasteiger partial charge on any atom is 0.331 e. The first kappa shape index (κ1) is 23.3. The highest BCUT2D eigenvalue weighted by Crippen LogP contribution is 2.22. The van der Waals surface area contributed by atoms with Gasteiger partial charge < -0.3 is 9.47 Å². The number of alkyl halides is 1. The van der Waals surface area contributed by atoms with Gasteiger partial charge in [0, 0.05) is 27.2 Å². The van der Waals surface area contributed by atoms with Crippen LogP contribution in [0.5, 0.6) is 0 Å². The van der Waals surface area contributed by atoms with E-state index in [0.717, 1.165) is 20.9 Å². The smallest absolute Gasteiger partial charge is 0.331 e. The molecule has 4 nitrogen and oxygen atoms in total. The molecule has 0 aliphatic rings. The topological polar surface area (TPSA) is 52.6 Å². The molecule has 0 amide bonds. The largest absolute Gasteiger partial charge is 0.463 e. The molecule has 0 aliphatic carbocycles. The van der Waals surface area contributed by atoms with Crippen molar-refractivity contribution in [2.75, 3.05) is 18.5 Å². The number of halogens is 1. The highest BCUT2D eigenvalue weighted by atomic mass is 79.9. The molecular weight excluding hydrogens is 448 g/mol. The number of rotatable bonds is 7. The number of thiophene rings is 2. The first-order valence-corrected chi connectivity index (χ1v) is 11.3. The van der Waals surface area contributed by atoms with Crippen LogP contribution in [0.3, 0.4) is 0 Å². The second kappa shape index (κ2) is 13.5. The van der Waals surface area contributed by atoms with Crippen LogP contribution in [0.4, 0.5) is 0 Å². The van der Waals surface area contributed by atoms with Gasteiger partial charge in [-0.3, -0.25) is 0 Å². The van der Waals surface area contributed by atoms with Crippen molar-refractivity contribution in [3.8, 4) is 0 Å². The Labute approximate surface area is 176 Å². The minimum Gasteiger partial charge on any atom is -0.463 e. The lowest BCUT2D eigenvalue weighted by atomic mass is 10.2. The van der Waals surface area contributed by atoms with E-state index in [2.05, 4.69) is 15.9 Å². The van der Waals surface area contributed by atoms with Gasteiger partial charge in [-0.05, 0) is 54.8 Å². The number of carbonyl (C=O) groups is 2. The Kier molecular flexibility index (Phi) is 11.6. The summed E-state index contributed by atoms with van der Waals surface area (Å²) in [7, 11) is 0. The predicted molar refractivity (Wildman–Crippen MR) is 117 cm³/mol. The van der Waals surface area contributed by atoms with E-state index in [1.54, 1.807) is 36.5 Å². The number of esters is 2. The zero-order valence-electron chi connectivity index (χ0n) is 15.6. The Morgan fingerprint density at radius 1 is 0.963 bits per heavy atom. The SMILES string of the molecule is CCOC(=O)/C=C(\C)c1cccs1.CCOC(=O)/C=C(\CBr)c1cccs1. The molecule has 146 valence electrons. The first-order chi connectivity index (χ1) is 13.0. The van der Waals surface area contributed by atoms with Crippen molar-refractivity contribution < 1.29 is 19.1 Å². The van der Waals surface area contributed by atoms with Gasteiger partial charge in [-0.15, -0.1) is 22.7 Å². The van der Waals surface area contributed by atoms with Crippen LogP contribution in [0.1, 0.15) is 30.5 Å². The van der Waals surface area contributed by atoms with E-state index in [1.807, 2.05) is 41.9 Å². The number of allylic oxidation sites excluding steroid dienone is 2. The third-order valence-corrected chi connectivity index (χ3v) is 5.65. The molecule has 0 atom stereocenters. The summed E-state index contributed by atoms with van der Waals surface area (Å²) in [6.45, 7) is 6.34. The Morgan fingerprint density at radius 3 is 1.93 bits per heavy atom. The second-order valence-corrected chi connectivity index (χ2v) is 7.55. The zero-order chi connectivity index (χ0) is 20.1. The minimum atomic E-state index is -0.282. The van der Waals surface area contributed by atoms with Crippen LogP contribution in [-0.4, -0.2) is 30.5 Å². The average molecular weight is 471 g/mol. The van der Waals surface area contributed by atoms with Gasteiger partial charge in [0.2, 0.25) is 0 Å². The molecule has 0 saturated heterocycles. The van der Waals surface area contributed by atoms with Gasteiger partial charge in [0.05, 0.1) is 13.2 Å². The minimum absolute atomic E-state index is 0.270. The fourth-order valence-corrected chi connectivity index (χ4v) is 4.00. The monoisotopic (exact) mass is 470 g/mol. The third-order valence-electron chi connectivity index (χ3n) is 3.09. The lowest BCUT2D eigenvalue weighted by Crippen LogP contribution is -2.00. The van der Waals surface area contributed by atoms with Crippen molar-refractivity contribution in [2.45, 2.75) is 20.8 Å². The van der Waals surface area contributed by atoms with Crippen molar-refractivity contribution in [3.05, 3.63) is 56.9 Å². The van der Waals surface area contributed by atoms with Crippen molar-refractivity contribution in [1.82, 2.24) is 0 Å². The molecule has 0 saturated carbocycles. The van der Waals surface area contributed by atoms with Crippen LogP contribution < -0.4 is 0 Å². The number of carbonyl (C=O) groups excluding carboxylic acids is 2. The first-order valence-electron chi connectivity index (χ1n) is 8.37.